The molecular formula is C25H23NO5. The molecule has 1 aliphatic heterocycles. The normalized spacial score (nSPS) is 19.6. The molecule has 1 fully saturated rings. The van der Waals surface area contributed by atoms with E-state index >= 15 is 0 Å². The molecule has 2 aliphatic rings. The Bertz CT molecular complexity index is 1190. The topological polar surface area (TPSA) is 80.0 Å². The van der Waals surface area contributed by atoms with Crippen molar-refractivity contribution in [3.05, 3.63) is 77.3 Å². The van der Waals surface area contributed by atoms with Crippen LogP contribution in [-0.2, 0) is 4.79 Å². The summed E-state index contributed by atoms with van der Waals surface area (Å²) in [4.78, 5) is 28.4. The molecule has 1 unspecified atom stereocenters. The number of amides is 1. The van der Waals surface area contributed by atoms with Gasteiger partial charge in [0.05, 0.1) is 18.7 Å². The van der Waals surface area contributed by atoms with Crippen LogP contribution < -0.4 is 4.74 Å². The van der Waals surface area contributed by atoms with Gasteiger partial charge in [-0.25, -0.2) is 0 Å². The average Bonchev–Trinajstić information content (AvgIpc) is 3.52. The standard InChI is InChI=1S/C25H23NO5/c1-30-18-13-7-10-16-14-19(31-24(16)18)22(27)20-21(15-8-3-2-4-9-15)26(25(29)23(20)28)17-11-5-6-12-17/h2-4,7-10,13-14,17,21,28H,5-6,11-12H2,1H3. The number of ether oxygens (including phenoxy) is 1. The lowest BCUT2D eigenvalue weighted by Gasteiger charge is -2.32. The molecule has 158 valence electrons. The van der Waals surface area contributed by atoms with Crippen molar-refractivity contribution in [3.8, 4) is 5.75 Å². The summed E-state index contributed by atoms with van der Waals surface area (Å²) < 4.78 is 11.2. The van der Waals surface area contributed by atoms with Gasteiger partial charge in [-0.1, -0.05) is 55.3 Å². The molecule has 0 spiro atoms. The highest BCUT2D eigenvalue weighted by atomic mass is 16.5. The highest BCUT2D eigenvalue weighted by molar-refractivity contribution is 6.16. The molecular weight excluding hydrogens is 394 g/mol. The van der Waals surface area contributed by atoms with Gasteiger partial charge in [-0.15, -0.1) is 0 Å². The Labute approximate surface area is 179 Å². The number of methoxy groups -OCH3 is 1. The Kier molecular flexibility index (Phi) is 4.77. The molecule has 31 heavy (non-hydrogen) atoms. The molecule has 1 amide bonds. The number of hydrogen-bond donors (Lipinski definition) is 1. The predicted octanol–water partition coefficient (Wildman–Crippen LogP) is 4.96. The largest absolute Gasteiger partial charge is 0.503 e. The Morgan fingerprint density at radius 2 is 1.84 bits per heavy atom. The summed E-state index contributed by atoms with van der Waals surface area (Å²) in [5.41, 5.74) is 1.33. The number of aliphatic hydroxyl groups is 1. The monoisotopic (exact) mass is 417 g/mol. The lowest BCUT2D eigenvalue weighted by molar-refractivity contribution is -0.131. The van der Waals surface area contributed by atoms with E-state index in [4.69, 9.17) is 9.15 Å². The van der Waals surface area contributed by atoms with E-state index in [0.29, 0.717) is 11.3 Å². The van der Waals surface area contributed by atoms with Gasteiger partial charge in [-0.3, -0.25) is 9.59 Å². The minimum atomic E-state index is -0.639. The third-order valence-electron chi connectivity index (χ3n) is 6.27. The number of para-hydroxylation sites is 1. The molecule has 1 aliphatic carbocycles. The van der Waals surface area contributed by atoms with Crippen molar-refractivity contribution in [2.24, 2.45) is 0 Å². The van der Waals surface area contributed by atoms with Crippen LogP contribution in [0.5, 0.6) is 5.75 Å². The van der Waals surface area contributed by atoms with Crippen molar-refractivity contribution in [2.45, 2.75) is 37.8 Å². The molecule has 6 nitrogen and oxygen atoms in total. The zero-order valence-corrected chi connectivity index (χ0v) is 17.2. The van der Waals surface area contributed by atoms with Gasteiger partial charge in [0.15, 0.2) is 22.9 Å². The molecule has 1 N–H and O–H groups in total. The van der Waals surface area contributed by atoms with Gasteiger partial charge in [-0.2, -0.15) is 0 Å². The summed E-state index contributed by atoms with van der Waals surface area (Å²) in [5.74, 6) is -0.873. The lowest BCUT2D eigenvalue weighted by atomic mass is 9.94. The smallest absolute Gasteiger partial charge is 0.290 e. The van der Waals surface area contributed by atoms with Gasteiger partial charge in [0.2, 0.25) is 5.78 Å². The minimum absolute atomic E-state index is 0.000855. The number of nitrogens with zero attached hydrogens (tertiary/aromatic N) is 1. The Morgan fingerprint density at radius 3 is 2.55 bits per heavy atom. The Morgan fingerprint density at radius 1 is 1.10 bits per heavy atom. The molecule has 0 radical (unpaired) electrons. The number of carbonyl (C=O) groups is 2. The maximum atomic E-state index is 13.6. The van der Waals surface area contributed by atoms with E-state index in [0.717, 1.165) is 36.6 Å². The van der Waals surface area contributed by atoms with Crippen LogP contribution in [0.2, 0.25) is 0 Å². The second-order valence-corrected chi connectivity index (χ2v) is 8.04. The van der Waals surface area contributed by atoms with E-state index in [1.807, 2.05) is 42.5 Å². The number of rotatable bonds is 5. The number of fused-ring (bicyclic) bond motifs is 1. The van der Waals surface area contributed by atoms with Crippen LogP contribution in [0, 0.1) is 0 Å². The van der Waals surface area contributed by atoms with Crippen molar-refractivity contribution in [1.82, 2.24) is 4.90 Å². The van der Waals surface area contributed by atoms with Gasteiger partial charge in [0.1, 0.15) is 0 Å². The SMILES string of the molecule is COc1cccc2cc(C(=O)C3=C(O)C(=O)N(C4CCCC4)C3c3ccccc3)oc12. The second-order valence-electron chi connectivity index (χ2n) is 8.04. The van der Waals surface area contributed by atoms with E-state index in [2.05, 4.69) is 0 Å². The number of Topliss-reactive ketones (excluding diaryl/α,β-unsaturated/α-hetero) is 1. The molecule has 0 bridgehead atoms. The highest BCUT2D eigenvalue weighted by Gasteiger charge is 2.47. The molecule has 2 aromatic carbocycles. The fraction of sp³-hybridized carbons (Fsp3) is 0.280. The number of benzene rings is 2. The van der Waals surface area contributed by atoms with Crippen LogP contribution >= 0.6 is 0 Å². The number of carbonyl (C=O) groups excluding carboxylic acids is 2. The van der Waals surface area contributed by atoms with Crippen molar-refractivity contribution < 1.29 is 23.8 Å². The van der Waals surface area contributed by atoms with Gasteiger partial charge in [0.25, 0.3) is 5.91 Å². The van der Waals surface area contributed by atoms with Crippen LogP contribution in [-0.4, -0.2) is 34.8 Å². The van der Waals surface area contributed by atoms with Crippen molar-refractivity contribution >= 4 is 22.7 Å². The predicted molar refractivity (Wildman–Crippen MR) is 115 cm³/mol. The van der Waals surface area contributed by atoms with Crippen molar-refractivity contribution in [3.63, 3.8) is 0 Å². The van der Waals surface area contributed by atoms with Gasteiger partial charge < -0.3 is 19.2 Å². The number of furan rings is 1. The van der Waals surface area contributed by atoms with Crippen LogP contribution in [0.3, 0.4) is 0 Å². The van der Waals surface area contributed by atoms with Gasteiger partial charge in [0, 0.05) is 11.4 Å². The summed E-state index contributed by atoms with van der Waals surface area (Å²) in [5, 5.41) is 11.5. The molecule has 1 aromatic heterocycles. The minimum Gasteiger partial charge on any atom is -0.503 e. The molecule has 0 saturated heterocycles. The van der Waals surface area contributed by atoms with Crippen LogP contribution in [0.25, 0.3) is 11.0 Å². The first-order valence-electron chi connectivity index (χ1n) is 10.5. The second kappa shape index (κ2) is 7.61. The number of hydrogen-bond acceptors (Lipinski definition) is 5. The summed E-state index contributed by atoms with van der Waals surface area (Å²) in [6.07, 6.45) is 3.80. The third kappa shape index (κ3) is 3.10. The van der Waals surface area contributed by atoms with Crippen molar-refractivity contribution in [2.75, 3.05) is 7.11 Å². The summed E-state index contributed by atoms with van der Waals surface area (Å²) in [7, 11) is 1.54. The van der Waals surface area contributed by atoms with Crippen LogP contribution in [0.4, 0.5) is 0 Å². The average molecular weight is 417 g/mol. The third-order valence-corrected chi connectivity index (χ3v) is 6.27. The zero-order chi connectivity index (χ0) is 21.5. The fourth-order valence-corrected chi connectivity index (χ4v) is 4.82. The quantitative estimate of drug-likeness (QED) is 0.594. The van der Waals surface area contributed by atoms with E-state index < -0.39 is 23.5 Å². The molecule has 3 aromatic rings. The Hall–Kier alpha value is -3.54. The first kappa shape index (κ1) is 19.4. The van der Waals surface area contributed by atoms with E-state index in [1.54, 1.807) is 17.0 Å². The molecule has 1 atom stereocenters. The van der Waals surface area contributed by atoms with E-state index in [9.17, 15) is 14.7 Å². The fourth-order valence-electron chi connectivity index (χ4n) is 4.82. The number of ketones is 1. The van der Waals surface area contributed by atoms with Gasteiger partial charge >= 0.3 is 0 Å². The summed E-state index contributed by atoms with van der Waals surface area (Å²) in [6, 6.07) is 15.8. The highest BCUT2D eigenvalue weighted by Crippen LogP contribution is 2.43. The van der Waals surface area contributed by atoms with Crippen molar-refractivity contribution in [1.29, 1.82) is 0 Å². The summed E-state index contributed by atoms with van der Waals surface area (Å²) >= 11 is 0. The van der Waals surface area contributed by atoms with Crippen LogP contribution in [0.1, 0.15) is 47.8 Å². The van der Waals surface area contributed by atoms with Gasteiger partial charge in [-0.05, 0) is 30.5 Å². The van der Waals surface area contributed by atoms with E-state index in [-0.39, 0.29) is 17.4 Å². The summed E-state index contributed by atoms with van der Waals surface area (Å²) in [6.45, 7) is 0. The number of aliphatic hydroxyl groups excluding tert-OH is 1. The first-order valence-corrected chi connectivity index (χ1v) is 10.5. The molecule has 2 heterocycles. The molecule has 6 heteroatoms. The lowest BCUT2D eigenvalue weighted by Crippen LogP contribution is -2.38. The van der Waals surface area contributed by atoms with E-state index in [1.165, 1.54) is 7.11 Å². The zero-order valence-electron chi connectivity index (χ0n) is 17.2. The first-order chi connectivity index (χ1) is 15.1. The van der Waals surface area contributed by atoms with Crippen LogP contribution in [0.15, 0.2) is 70.3 Å². The maximum absolute atomic E-state index is 13.6. The molecule has 5 rings (SSSR count). The molecule has 1 saturated carbocycles. The Balaban J connectivity index is 1.62. The maximum Gasteiger partial charge on any atom is 0.290 e.